The fraction of sp³-hybridized carbons (Fsp3) is 0.0833. The molecule has 8 heteroatoms. The summed E-state index contributed by atoms with van der Waals surface area (Å²) in [6.07, 6.45) is 8.23. The third-order valence-corrected chi connectivity index (χ3v) is 6.81. The molecular formula is C36H31N3O5. The van der Waals surface area contributed by atoms with Crippen molar-refractivity contribution in [2.75, 3.05) is 26.6 Å². The molecule has 1 amide bonds. The molecule has 44 heavy (non-hydrogen) atoms. The van der Waals surface area contributed by atoms with Crippen molar-refractivity contribution in [2.45, 2.75) is 0 Å². The van der Waals surface area contributed by atoms with Gasteiger partial charge in [0.25, 0.3) is 0 Å². The van der Waals surface area contributed by atoms with Gasteiger partial charge in [0.2, 0.25) is 5.91 Å². The van der Waals surface area contributed by atoms with E-state index in [0.29, 0.717) is 34.1 Å². The van der Waals surface area contributed by atoms with Crippen LogP contribution in [0.3, 0.4) is 0 Å². The largest absolute Gasteiger partial charge is 0.496 e. The molecule has 0 saturated heterocycles. The number of nitrogens with zero attached hydrogens (tertiary/aromatic N) is 2. The first-order chi connectivity index (χ1) is 21.5. The molecule has 0 saturated carbocycles. The minimum Gasteiger partial charge on any atom is -0.496 e. The Hall–Kier alpha value is -5.89. The predicted octanol–water partition coefficient (Wildman–Crippen LogP) is 7.11. The van der Waals surface area contributed by atoms with Gasteiger partial charge in [-0.1, -0.05) is 48.5 Å². The van der Waals surface area contributed by atoms with Gasteiger partial charge in [-0.3, -0.25) is 9.59 Å². The minimum absolute atomic E-state index is 0.205. The van der Waals surface area contributed by atoms with Gasteiger partial charge in [-0.15, -0.1) is 0 Å². The van der Waals surface area contributed by atoms with Crippen molar-refractivity contribution in [2.24, 2.45) is 0 Å². The molecule has 1 heterocycles. The average molecular weight is 586 g/mol. The third kappa shape index (κ3) is 6.94. The van der Waals surface area contributed by atoms with E-state index in [4.69, 9.17) is 19.3 Å². The van der Waals surface area contributed by atoms with Crippen LogP contribution in [0, 0.1) is 0 Å². The van der Waals surface area contributed by atoms with Crippen molar-refractivity contribution in [1.29, 1.82) is 0 Å². The predicted molar refractivity (Wildman–Crippen MR) is 173 cm³/mol. The normalized spacial score (nSPS) is 11.1. The summed E-state index contributed by atoms with van der Waals surface area (Å²) in [5, 5.41) is 7.62. The number of hydrogen-bond acceptors (Lipinski definition) is 6. The fourth-order valence-corrected chi connectivity index (χ4v) is 4.55. The number of ketones is 1. The number of methoxy groups -OCH3 is 3. The highest BCUT2D eigenvalue weighted by Gasteiger charge is 2.12. The van der Waals surface area contributed by atoms with Crippen LogP contribution in [0.5, 0.6) is 17.2 Å². The Labute approximate surface area is 255 Å². The van der Waals surface area contributed by atoms with Crippen molar-refractivity contribution in [3.05, 3.63) is 132 Å². The zero-order chi connectivity index (χ0) is 30.9. The summed E-state index contributed by atoms with van der Waals surface area (Å²) in [4.78, 5) is 25.7. The summed E-state index contributed by atoms with van der Waals surface area (Å²) in [7, 11) is 4.63. The molecule has 0 radical (unpaired) electrons. The van der Waals surface area contributed by atoms with Gasteiger partial charge in [-0.05, 0) is 60.7 Å². The summed E-state index contributed by atoms with van der Waals surface area (Å²) in [6.45, 7) is 0. The monoisotopic (exact) mass is 585 g/mol. The Morgan fingerprint density at radius 3 is 1.98 bits per heavy atom. The van der Waals surface area contributed by atoms with E-state index >= 15 is 0 Å². The molecule has 0 bridgehead atoms. The number of aromatic nitrogens is 2. The van der Waals surface area contributed by atoms with Gasteiger partial charge in [0.15, 0.2) is 17.3 Å². The Morgan fingerprint density at radius 1 is 0.705 bits per heavy atom. The molecule has 8 nitrogen and oxygen atoms in total. The van der Waals surface area contributed by atoms with Gasteiger partial charge < -0.3 is 19.5 Å². The van der Waals surface area contributed by atoms with Crippen molar-refractivity contribution in [1.82, 2.24) is 9.78 Å². The topological polar surface area (TPSA) is 91.7 Å². The number of nitrogens with one attached hydrogen (secondary N) is 1. The Morgan fingerprint density at radius 2 is 1.32 bits per heavy atom. The fourth-order valence-electron chi connectivity index (χ4n) is 4.55. The minimum atomic E-state index is -0.309. The summed E-state index contributed by atoms with van der Waals surface area (Å²) >= 11 is 0. The number of carbonyl (C=O) groups is 2. The highest BCUT2D eigenvalue weighted by molar-refractivity contribution is 6.07. The molecule has 5 rings (SSSR count). The van der Waals surface area contributed by atoms with Gasteiger partial charge in [-0.2, -0.15) is 5.10 Å². The van der Waals surface area contributed by atoms with E-state index in [1.165, 1.54) is 12.2 Å². The van der Waals surface area contributed by atoms with E-state index in [1.807, 2.05) is 66.9 Å². The van der Waals surface area contributed by atoms with Crippen LogP contribution in [0.2, 0.25) is 0 Å². The van der Waals surface area contributed by atoms with Gasteiger partial charge in [0, 0.05) is 46.3 Å². The van der Waals surface area contributed by atoms with Crippen LogP contribution in [0.4, 0.5) is 5.69 Å². The van der Waals surface area contributed by atoms with Crippen LogP contribution in [0.15, 0.2) is 115 Å². The van der Waals surface area contributed by atoms with Gasteiger partial charge >= 0.3 is 0 Å². The standard InChI is InChI=1S/C36H31N3O5/c1-42-32-23-34(44-3)33(43-2)22-27(32)16-20-31(40)25-14-18-29(19-15-25)37-35(41)21-17-28-24-39(30-12-8-5-9-13-30)38-36(28)26-10-6-4-7-11-26/h4-24H,1-3H3,(H,37,41)/b20-16+,21-17+. The first-order valence-electron chi connectivity index (χ1n) is 13.8. The second kappa shape index (κ2) is 13.8. The SMILES string of the molecule is COc1cc(OC)c(OC)cc1/C=C/C(=O)c1ccc(NC(=O)/C=C/c2cn(-c3ccccc3)nc2-c2ccccc2)cc1. The molecule has 0 fully saturated rings. The maximum absolute atomic E-state index is 12.9. The number of benzene rings is 4. The molecule has 220 valence electrons. The van der Waals surface area contributed by atoms with Crippen LogP contribution in [-0.4, -0.2) is 42.8 Å². The van der Waals surface area contributed by atoms with E-state index in [9.17, 15) is 9.59 Å². The number of anilines is 1. The second-order valence-corrected chi connectivity index (χ2v) is 9.63. The Bertz CT molecular complexity index is 1810. The van der Waals surface area contributed by atoms with E-state index in [2.05, 4.69) is 5.32 Å². The zero-order valence-corrected chi connectivity index (χ0v) is 24.6. The van der Waals surface area contributed by atoms with Crippen molar-refractivity contribution < 1.29 is 23.8 Å². The van der Waals surface area contributed by atoms with E-state index in [-0.39, 0.29) is 11.7 Å². The molecule has 0 aliphatic heterocycles. The number of rotatable bonds is 11. The Kier molecular flexibility index (Phi) is 9.32. The molecule has 0 aliphatic rings. The summed E-state index contributed by atoms with van der Waals surface area (Å²) in [6, 6.07) is 29.8. The number of carbonyl (C=O) groups excluding carboxylic acids is 2. The van der Waals surface area contributed by atoms with Crippen LogP contribution < -0.4 is 19.5 Å². The molecule has 0 atom stereocenters. The van der Waals surface area contributed by atoms with Crippen LogP contribution in [-0.2, 0) is 4.79 Å². The number of amides is 1. The van der Waals surface area contributed by atoms with E-state index in [0.717, 1.165) is 22.5 Å². The lowest BCUT2D eigenvalue weighted by atomic mass is 10.1. The zero-order valence-electron chi connectivity index (χ0n) is 24.6. The van der Waals surface area contributed by atoms with Gasteiger partial charge in [0.1, 0.15) is 5.75 Å². The maximum atomic E-state index is 12.9. The first kappa shape index (κ1) is 29.6. The second-order valence-electron chi connectivity index (χ2n) is 9.63. The maximum Gasteiger partial charge on any atom is 0.248 e. The van der Waals surface area contributed by atoms with Gasteiger partial charge in [0.05, 0.1) is 32.7 Å². The third-order valence-electron chi connectivity index (χ3n) is 6.81. The molecule has 0 aliphatic carbocycles. The highest BCUT2D eigenvalue weighted by atomic mass is 16.5. The molecule has 5 aromatic rings. The summed E-state index contributed by atoms with van der Waals surface area (Å²) < 4.78 is 17.9. The van der Waals surface area contributed by atoms with E-state index in [1.54, 1.807) is 74.6 Å². The van der Waals surface area contributed by atoms with Crippen LogP contribution in [0.25, 0.3) is 29.1 Å². The number of hydrogen-bond donors (Lipinski definition) is 1. The first-order valence-corrected chi connectivity index (χ1v) is 13.8. The van der Waals surface area contributed by atoms with Gasteiger partial charge in [-0.25, -0.2) is 4.68 Å². The highest BCUT2D eigenvalue weighted by Crippen LogP contribution is 2.35. The number of allylic oxidation sites excluding steroid dienone is 1. The molecular weight excluding hydrogens is 554 g/mol. The molecule has 1 aromatic heterocycles. The van der Waals surface area contributed by atoms with Crippen LogP contribution >= 0.6 is 0 Å². The summed E-state index contributed by atoms with van der Waals surface area (Å²) in [5.41, 5.74) is 5.12. The van der Waals surface area contributed by atoms with Crippen molar-refractivity contribution in [3.8, 4) is 34.2 Å². The quantitative estimate of drug-likeness (QED) is 0.131. The van der Waals surface area contributed by atoms with Crippen molar-refractivity contribution in [3.63, 3.8) is 0 Å². The van der Waals surface area contributed by atoms with Crippen molar-refractivity contribution >= 4 is 29.5 Å². The van der Waals surface area contributed by atoms with Crippen LogP contribution in [0.1, 0.15) is 21.5 Å². The average Bonchev–Trinajstić information content (AvgIpc) is 3.51. The lowest BCUT2D eigenvalue weighted by molar-refractivity contribution is -0.111. The molecule has 4 aromatic carbocycles. The molecule has 0 spiro atoms. The number of ether oxygens (including phenoxy) is 3. The lowest BCUT2D eigenvalue weighted by Crippen LogP contribution is -2.08. The smallest absolute Gasteiger partial charge is 0.248 e. The summed E-state index contributed by atoms with van der Waals surface area (Å²) in [5.74, 6) is 1.08. The molecule has 0 unspecified atom stereocenters. The molecule has 1 N–H and O–H groups in total. The van der Waals surface area contributed by atoms with E-state index < -0.39 is 0 Å². The lowest BCUT2D eigenvalue weighted by Gasteiger charge is -2.12. The number of para-hydroxylation sites is 1. The Balaban J connectivity index is 1.27.